The van der Waals surface area contributed by atoms with Crippen molar-refractivity contribution < 1.29 is 22.7 Å². The van der Waals surface area contributed by atoms with Gasteiger partial charge < -0.3 is 15.0 Å². The molecule has 0 saturated heterocycles. The fourth-order valence-electron chi connectivity index (χ4n) is 4.73. The number of benzene rings is 2. The monoisotopic (exact) mass is 529 g/mol. The summed E-state index contributed by atoms with van der Waals surface area (Å²) in [7, 11) is -2.04. The molecule has 1 aliphatic carbocycles. The lowest BCUT2D eigenvalue weighted by atomic mass is 10.1. The highest BCUT2D eigenvalue weighted by Crippen LogP contribution is 2.24. The standard InChI is InChI=1S/C28H39N3O5S/c1-22(28(33)29-24-13-7-8-14-24)30(20-18-23-11-5-4-6-12-23)27(32)17-10-19-31(37(3,34)35)25-15-9-16-26(21-25)36-2/h4-6,9,11-12,15-16,21-22,24H,7-8,10,13-14,17-20H2,1-3H3,(H,29,33). The predicted octanol–water partition coefficient (Wildman–Crippen LogP) is 3.76. The fraction of sp³-hybridized carbons (Fsp3) is 0.500. The van der Waals surface area contributed by atoms with E-state index in [9.17, 15) is 18.0 Å². The van der Waals surface area contributed by atoms with E-state index in [2.05, 4.69) is 5.32 Å². The Labute approximate surface area is 221 Å². The van der Waals surface area contributed by atoms with Gasteiger partial charge in [-0.2, -0.15) is 0 Å². The second kappa shape index (κ2) is 13.5. The van der Waals surface area contributed by atoms with Crippen molar-refractivity contribution in [3.05, 3.63) is 60.2 Å². The van der Waals surface area contributed by atoms with Crippen molar-refractivity contribution in [1.82, 2.24) is 10.2 Å². The number of carbonyl (C=O) groups excluding carboxylic acids is 2. The lowest BCUT2D eigenvalue weighted by Crippen LogP contribution is -2.50. The van der Waals surface area contributed by atoms with E-state index in [4.69, 9.17) is 4.74 Å². The van der Waals surface area contributed by atoms with Crippen LogP contribution >= 0.6 is 0 Å². The Bertz CT molecular complexity index is 1130. The minimum absolute atomic E-state index is 0.131. The minimum atomic E-state index is -3.56. The summed E-state index contributed by atoms with van der Waals surface area (Å²) in [5.74, 6) is 0.253. The number of hydrogen-bond acceptors (Lipinski definition) is 5. The van der Waals surface area contributed by atoms with Gasteiger partial charge in [-0.25, -0.2) is 8.42 Å². The third-order valence-electron chi connectivity index (χ3n) is 6.85. The number of nitrogens with zero attached hydrogens (tertiary/aromatic N) is 2. The molecule has 1 fully saturated rings. The number of amides is 2. The van der Waals surface area contributed by atoms with Crippen LogP contribution in [0, 0.1) is 0 Å². The lowest BCUT2D eigenvalue weighted by molar-refractivity contribution is -0.140. The van der Waals surface area contributed by atoms with E-state index >= 15 is 0 Å². The van der Waals surface area contributed by atoms with Gasteiger partial charge in [0.15, 0.2) is 0 Å². The van der Waals surface area contributed by atoms with Gasteiger partial charge in [0.25, 0.3) is 0 Å². The SMILES string of the molecule is COc1cccc(N(CCCC(=O)N(CCc2ccccc2)C(C)C(=O)NC2CCCC2)S(C)(=O)=O)c1. The maximum atomic E-state index is 13.4. The zero-order valence-electron chi connectivity index (χ0n) is 22.1. The molecule has 1 N–H and O–H groups in total. The lowest BCUT2D eigenvalue weighted by Gasteiger charge is -2.30. The van der Waals surface area contributed by atoms with Gasteiger partial charge in [-0.3, -0.25) is 13.9 Å². The quantitative estimate of drug-likeness (QED) is 0.426. The van der Waals surface area contributed by atoms with Gasteiger partial charge >= 0.3 is 0 Å². The van der Waals surface area contributed by atoms with Crippen molar-refractivity contribution in [2.75, 3.05) is 30.8 Å². The van der Waals surface area contributed by atoms with Gasteiger partial charge in [-0.05, 0) is 50.3 Å². The molecule has 2 amide bonds. The summed E-state index contributed by atoms with van der Waals surface area (Å²) in [4.78, 5) is 28.0. The van der Waals surface area contributed by atoms with E-state index in [1.54, 1.807) is 36.1 Å². The zero-order valence-corrected chi connectivity index (χ0v) is 22.9. The van der Waals surface area contributed by atoms with E-state index in [1.165, 1.54) is 11.4 Å². The van der Waals surface area contributed by atoms with Crippen molar-refractivity contribution in [1.29, 1.82) is 0 Å². The first-order valence-corrected chi connectivity index (χ1v) is 14.8. The Morgan fingerprint density at radius 2 is 1.76 bits per heavy atom. The van der Waals surface area contributed by atoms with Gasteiger partial charge in [-0.15, -0.1) is 0 Å². The van der Waals surface area contributed by atoms with Crippen LogP contribution in [0.1, 0.15) is 51.0 Å². The van der Waals surface area contributed by atoms with Crippen LogP contribution < -0.4 is 14.4 Å². The zero-order chi connectivity index (χ0) is 26.8. The maximum Gasteiger partial charge on any atom is 0.242 e. The molecule has 8 nitrogen and oxygen atoms in total. The van der Waals surface area contributed by atoms with Crippen LogP contribution in [-0.4, -0.2) is 63.7 Å². The second-order valence-corrected chi connectivity index (χ2v) is 11.5. The molecule has 0 aromatic heterocycles. The molecular formula is C28H39N3O5S. The third-order valence-corrected chi connectivity index (χ3v) is 8.04. The first-order valence-electron chi connectivity index (χ1n) is 12.9. The molecule has 37 heavy (non-hydrogen) atoms. The number of nitrogens with one attached hydrogen (secondary N) is 1. The molecule has 1 unspecified atom stereocenters. The van der Waals surface area contributed by atoms with Crippen LogP contribution in [0.25, 0.3) is 0 Å². The van der Waals surface area contributed by atoms with Crippen LogP contribution in [0.5, 0.6) is 5.75 Å². The molecule has 1 saturated carbocycles. The van der Waals surface area contributed by atoms with Gasteiger partial charge in [0, 0.05) is 31.6 Å². The molecule has 2 aromatic carbocycles. The highest BCUT2D eigenvalue weighted by Gasteiger charge is 2.28. The van der Waals surface area contributed by atoms with Crippen molar-refractivity contribution in [3.8, 4) is 5.75 Å². The maximum absolute atomic E-state index is 13.4. The van der Waals surface area contributed by atoms with Crippen molar-refractivity contribution in [2.45, 2.75) is 64.0 Å². The molecule has 0 bridgehead atoms. The van der Waals surface area contributed by atoms with Crippen LogP contribution in [-0.2, 0) is 26.0 Å². The molecular weight excluding hydrogens is 490 g/mol. The summed E-state index contributed by atoms with van der Waals surface area (Å²) < 4.78 is 31.5. The molecule has 9 heteroatoms. The summed E-state index contributed by atoms with van der Waals surface area (Å²) >= 11 is 0. The predicted molar refractivity (Wildman–Crippen MR) is 146 cm³/mol. The number of rotatable bonds is 13. The molecule has 0 heterocycles. The summed E-state index contributed by atoms with van der Waals surface area (Å²) in [5.41, 5.74) is 1.57. The summed E-state index contributed by atoms with van der Waals surface area (Å²) in [5, 5.41) is 3.11. The van der Waals surface area contributed by atoms with Crippen LogP contribution in [0.2, 0.25) is 0 Å². The van der Waals surface area contributed by atoms with E-state index in [1.807, 2.05) is 30.3 Å². The summed E-state index contributed by atoms with van der Waals surface area (Å²) in [6, 6.07) is 16.3. The first-order chi connectivity index (χ1) is 17.7. The van der Waals surface area contributed by atoms with Crippen LogP contribution in [0.15, 0.2) is 54.6 Å². The minimum Gasteiger partial charge on any atom is -0.497 e. The smallest absolute Gasteiger partial charge is 0.242 e. The highest BCUT2D eigenvalue weighted by atomic mass is 32.2. The molecule has 1 atom stereocenters. The van der Waals surface area contributed by atoms with Gasteiger partial charge in [0.2, 0.25) is 21.8 Å². The number of carbonyl (C=O) groups is 2. The van der Waals surface area contributed by atoms with E-state index < -0.39 is 16.1 Å². The van der Waals surface area contributed by atoms with Gasteiger partial charge in [-0.1, -0.05) is 49.2 Å². The van der Waals surface area contributed by atoms with Crippen LogP contribution in [0.4, 0.5) is 5.69 Å². The Hall–Kier alpha value is -3.07. The van der Waals surface area contributed by atoms with Gasteiger partial charge in [0.1, 0.15) is 11.8 Å². The number of hydrogen-bond donors (Lipinski definition) is 1. The molecule has 0 radical (unpaired) electrons. The van der Waals surface area contributed by atoms with E-state index in [-0.39, 0.29) is 30.8 Å². The Balaban J connectivity index is 1.67. The third kappa shape index (κ3) is 8.49. The number of ether oxygens (including phenoxy) is 1. The molecule has 0 spiro atoms. The number of anilines is 1. The highest BCUT2D eigenvalue weighted by molar-refractivity contribution is 7.92. The molecule has 3 rings (SSSR count). The van der Waals surface area contributed by atoms with Crippen LogP contribution in [0.3, 0.4) is 0 Å². The molecule has 0 aliphatic heterocycles. The molecule has 202 valence electrons. The fourth-order valence-corrected chi connectivity index (χ4v) is 5.69. The second-order valence-electron chi connectivity index (χ2n) is 9.63. The Morgan fingerprint density at radius 1 is 1.05 bits per heavy atom. The molecule has 2 aromatic rings. The number of methoxy groups -OCH3 is 1. The molecule has 1 aliphatic rings. The van der Waals surface area contributed by atoms with E-state index in [0.717, 1.165) is 37.5 Å². The van der Waals surface area contributed by atoms with Crippen molar-refractivity contribution >= 4 is 27.5 Å². The first kappa shape index (κ1) is 28.5. The van der Waals surface area contributed by atoms with Gasteiger partial charge in [0.05, 0.1) is 19.1 Å². The topological polar surface area (TPSA) is 96.0 Å². The van der Waals surface area contributed by atoms with Crippen molar-refractivity contribution in [2.24, 2.45) is 0 Å². The normalized spacial score (nSPS) is 14.7. The number of sulfonamides is 1. The summed E-state index contributed by atoms with van der Waals surface area (Å²) in [6.45, 7) is 2.33. The summed E-state index contributed by atoms with van der Waals surface area (Å²) in [6.07, 6.45) is 6.40. The van der Waals surface area contributed by atoms with E-state index in [0.29, 0.717) is 30.8 Å². The average Bonchev–Trinajstić information content (AvgIpc) is 3.39. The Kier molecular flexibility index (Phi) is 10.4. The average molecular weight is 530 g/mol. The van der Waals surface area contributed by atoms with Crippen molar-refractivity contribution in [3.63, 3.8) is 0 Å². The largest absolute Gasteiger partial charge is 0.497 e. The Morgan fingerprint density at radius 3 is 2.41 bits per heavy atom.